The minimum atomic E-state index is -0.208. The highest BCUT2D eigenvalue weighted by molar-refractivity contribution is 9.11. The Balaban J connectivity index is 2.31. The summed E-state index contributed by atoms with van der Waals surface area (Å²) in [6, 6.07) is 19.1. The van der Waals surface area contributed by atoms with Crippen LogP contribution < -0.4 is 0 Å². The van der Waals surface area contributed by atoms with E-state index >= 15 is 0 Å². The first-order chi connectivity index (χ1) is 10.7. The van der Waals surface area contributed by atoms with Crippen molar-refractivity contribution < 1.29 is 4.39 Å². The molecule has 0 fully saturated rings. The smallest absolute Gasteiger partial charge is 0.133 e. The largest absolute Gasteiger partial charge is 0.307 e. The van der Waals surface area contributed by atoms with Crippen molar-refractivity contribution in [3.8, 4) is 5.69 Å². The lowest BCUT2D eigenvalue weighted by Gasteiger charge is -2.10. The van der Waals surface area contributed by atoms with E-state index in [0.29, 0.717) is 5.39 Å². The Kier molecular flexibility index (Phi) is 3.31. The number of benzene rings is 3. The third-order valence-electron chi connectivity index (χ3n) is 3.81. The molecule has 0 aliphatic heterocycles. The quantitative estimate of drug-likeness (QED) is 0.334. The van der Waals surface area contributed by atoms with Gasteiger partial charge in [-0.15, -0.1) is 0 Å². The van der Waals surface area contributed by atoms with Gasteiger partial charge in [0.05, 0.1) is 16.7 Å². The van der Waals surface area contributed by atoms with Crippen molar-refractivity contribution >= 4 is 53.7 Å². The Hall–Kier alpha value is -1.65. The molecule has 0 radical (unpaired) electrons. The van der Waals surface area contributed by atoms with Crippen molar-refractivity contribution in [2.24, 2.45) is 0 Å². The fourth-order valence-electron chi connectivity index (χ4n) is 2.90. The van der Waals surface area contributed by atoms with Gasteiger partial charge in [0.1, 0.15) is 5.82 Å². The average molecular weight is 419 g/mol. The van der Waals surface area contributed by atoms with Gasteiger partial charge in [-0.25, -0.2) is 4.39 Å². The van der Waals surface area contributed by atoms with Gasteiger partial charge < -0.3 is 4.57 Å². The van der Waals surface area contributed by atoms with Gasteiger partial charge >= 0.3 is 0 Å². The molecule has 0 saturated carbocycles. The second-order valence-electron chi connectivity index (χ2n) is 5.06. The summed E-state index contributed by atoms with van der Waals surface area (Å²) in [5, 5.41) is 1.55. The molecular formula is C18H10Br2FN. The van der Waals surface area contributed by atoms with Crippen LogP contribution in [0.15, 0.2) is 69.6 Å². The van der Waals surface area contributed by atoms with Crippen molar-refractivity contribution in [3.63, 3.8) is 0 Å². The van der Waals surface area contributed by atoms with Crippen LogP contribution in [0, 0.1) is 5.82 Å². The lowest BCUT2D eigenvalue weighted by atomic mass is 10.1. The van der Waals surface area contributed by atoms with Crippen molar-refractivity contribution in [2.45, 2.75) is 0 Å². The Morgan fingerprint density at radius 3 is 2.32 bits per heavy atom. The maximum Gasteiger partial charge on any atom is 0.133 e. The normalized spacial score (nSPS) is 11.4. The van der Waals surface area contributed by atoms with Crippen LogP contribution in [0.1, 0.15) is 0 Å². The Morgan fingerprint density at radius 2 is 1.50 bits per heavy atom. The van der Waals surface area contributed by atoms with Crippen LogP contribution >= 0.6 is 31.9 Å². The second kappa shape index (κ2) is 5.21. The van der Waals surface area contributed by atoms with Crippen molar-refractivity contribution in [1.29, 1.82) is 0 Å². The van der Waals surface area contributed by atoms with Gasteiger partial charge in [0.2, 0.25) is 0 Å². The number of halogens is 3. The van der Waals surface area contributed by atoms with Crippen LogP contribution in [0.25, 0.3) is 27.5 Å². The number of fused-ring (bicyclic) bond motifs is 3. The predicted octanol–water partition coefficient (Wildman–Crippen LogP) is 6.45. The molecule has 0 aliphatic rings. The summed E-state index contributed by atoms with van der Waals surface area (Å²) >= 11 is 7.18. The Morgan fingerprint density at radius 1 is 0.773 bits per heavy atom. The van der Waals surface area contributed by atoms with Crippen LogP contribution in [-0.4, -0.2) is 4.57 Å². The summed E-state index contributed by atoms with van der Waals surface area (Å²) in [5.41, 5.74) is 2.81. The van der Waals surface area contributed by atoms with E-state index in [1.54, 1.807) is 6.07 Å². The lowest BCUT2D eigenvalue weighted by Crippen LogP contribution is -1.95. The molecule has 0 spiro atoms. The zero-order valence-corrected chi connectivity index (χ0v) is 14.5. The molecule has 0 amide bonds. The number of para-hydroxylation sites is 2. The number of aromatic nitrogens is 1. The van der Waals surface area contributed by atoms with Gasteiger partial charge in [0, 0.05) is 19.7 Å². The lowest BCUT2D eigenvalue weighted by molar-refractivity contribution is 0.640. The van der Waals surface area contributed by atoms with Crippen LogP contribution in [0.2, 0.25) is 0 Å². The summed E-state index contributed by atoms with van der Waals surface area (Å²) in [5.74, 6) is -0.208. The van der Waals surface area contributed by atoms with Gasteiger partial charge in [-0.1, -0.05) is 30.3 Å². The van der Waals surface area contributed by atoms with Gasteiger partial charge in [0.15, 0.2) is 0 Å². The highest BCUT2D eigenvalue weighted by Gasteiger charge is 2.18. The molecule has 4 rings (SSSR count). The topological polar surface area (TPSA) is 4.93 Å². The Labute approximate surface area is 143 Å². The van der Waals surface area contributed by atoms with E-state index in [-0.39, 0.29) is 5.82 Å². The van der Waals surface area contributed by atoms with Crippen LogP contribution in [-0.2, 0) is 0 Å². The maximum atomic E-state index is 14.5. The van der Waals surface area contributed by atoms with Gasteiger partial charge in [-0.05, 0) is 62.2 Å². The van der Waals surface area contributed by atoms with Crippen LogP contribution in [0.5, 0.6) is 0 Å². The monoisotopic (exact) mass is 417 g/mol. The SMILES string of the molecule is Fc1ccc(Br)c2c1c1ccccc1n2-c1ccccc1Br. The number of nitrogens with zero attached hydrogens (tertiary/aromatic N) is 1. The minimum Gasteiger partial charge on any atom is -0.307 e. The molecule has 108 valence electrons. The molecule has 0 saturated heterocycles. The molecule has 1 nitrogen and oxygen atoms in total. The fourth-order valence-corrected chi connectivity index (χ4v) is 3.87. The third kappa shape index (κ3) is 1.94. The van der Waals surface area contributed by atoms with Crippen molar-refractivity contribution in [3.05, 3.63) is 75.4 Å². The summed E-state index contributed by atoms with van der Waals surface area (Å²) in [6.07, 6.45) is 0. The molecule has 1 heterocycles. The van der Waals surface area contributed by atoms with Crippen LogP contribution in [0.4, 0.5) is 4.39 Å². The van der Waals surface area contributed by atoms with E-state index < -0.39 is 0 Å². The number of hydrogen-bond donors (Lipinski definition) is 0. The molecule has 4 heteroatoms. The average Bonchev–Trinajstić information content (AvgIpc) is 2.88. The number of rotatable bonds is 1. The molecule has 0 bridgehead atoms. The predicted molar refractivity (Wildman–Crippen MR) is 96.1 cm³/mol. The highest BCUT2D eigenvalue weighted by Crippen LogP contribution is 2.38. The molecule has 4 aromatic rings. The first-order valence-corrected chi connectivity index (χ1v) is 8.39. The molecule has 0 unspecified atom stereocenters. The van der Waals surface area contributed by atoms with E-state index in [2.05, 4.69) is 36.4 Å². The molecule has 22 heavy (non-hydrogen) atoms. The molecule has 0 aliphatic carbocycles. The minimum absolute atomic E-state index is 0.208. The van der Waals surface area contributed by atoms with Crippen molar-refractivity contribution in [2.75, 3.05) is 0 Å². The van der Waals surface area contributed by atoms with Gasteiger partial charge in [0.25, 0.3) is 0 Å². The van der Waals surface area contributed by atoms with E-state index in [1.165, 1.54) is 6.07 Å². The van der Waals surface area contributed by atoms with Crippen LogP contribution in [0.3, 0.4) is 0 Å². The van der Waals surface area contributed by atoms with E-state index in [4.69, 9.17) is 0 Å². The second-order valence-corrected chi connectivity index (χ2v) is 6.77. The molecule has 0 N–H and O–H groups in total. The fraction of sp³-hybridized carbons (Fsp3) is 0. The summed E-state index contributed by atoms with van der Waals surface area (Å²) in [7, 11) is 0. The van der Waals surface area contributed by atoms with Crippen molar-refractivity contribution in [1.82, 2.24) is 4.57 Å². The number of hydrogen-bond acceptors (Lipinski definition) is 0. The first-order valence-electron chi connectivity index (χ1n) is 6.80. The zero-order chi connectivity index (χ0) is 15.3. The zero-order valence-electron chi connectivity index (χ0n) is 11.4. The van der Waals surface area contributed by atoms with E-state index in [9.17, 15) is 4.39 Å². The summed E-state index contributed by atoms with van der Waals surface area (Å²) < 4.78 is 18.4. The first kappa shape index (κ1) is 14.0. The molecule has 3 aromatic carbocycles. The summed E-state index contributed by atoms with van der Waals surface area (Å²) in [6.45, 7) is 0. The van der Waals surface area contributed by atoms with E-state index in [0.717, 1.165) is 31.1 Å². The molecule has 1 aromatic heterocycles. The highest BCUT2D eigenvalue weighted by atomic mass is 79.9. The van der Waals surface area contributed by atoms with Gasteiger partial charge in [-0.3, -0.25) is 0 Å². The molecular weight excluding hydrogens is 409 g/mol. The standard InChI is InChI=1S/C18H10Br2FN/c19-12-6-2-4-8-16(12)22-15-7-3-1-5-11(15)17-14(21)10-9-13(20)18(17)22/h1-10H. The Bertz CT molecular complexity index is 1020. The van der Waals surface area contributed by atoms with E-state index in [1.807, 2.05) is 48.5 Å². The van der Waals surface area contributed by atoms with Gasteiger partial charge in [-0.2, -0.15) is 0 Å². The summed E-state index contributed by atoms with van der Waals surface area (Å²) in [4.78, 5) is 0. The maximum absolute atomic E-state index is 14.5. The third-order valence-corrected chi connectivity index (χ3v) is 5.12. The molecule has 0 atom stereocenters.